The maximum Gasteiger partial charge on any atom is 0.236 e. The van der Waals surface area contributed by atoms with Crippen molar-refractivity contribution < 1.29 is 4.79 Å². The molecule has 0 saturated heterocycles. The molecule has 1 amide bonds. The first-order chi connectivity index (χ1) is 15.0. The van der Waals surface area contributed by atoms with Crippen molar-refractivity contribution in [1.82, 2.24) is 19.7 Å². The van der Waals surface area contributed by atoms with Gasteiger partial charge in [-0.3, -0.25) is 4.79 Å². The van der Waals surface area contributed by atoms with E-state index >= 15 is 0 Å². The van der Waals surface area contributed by atoms with Crippen LogP contribution in [0.5, 0.6) is 0 Å². The normalized spacial score (nSPS) is 11.1. The van der Waals surface area contributed by atoms with E-state index in [4.69, 9.17) is 0 Å². The average molecular weight is 458 g/mol. The fourth-order valence-electron chi connectivity index (χ4n) is 3.29. The number of hydrogen-bond acceptors (Lipinski definition) is 6. The molecule has 0 aliphatic carbocycles. The lowest BCUT2D eigenvalue weighted by atomic mass is 10.1. The van der Waals surface area contributed by atoms with Crippen molar-refractivity contribution in [3.05, 3.63) is 40.5 Å². The van der Waals surface area contributed by atoms with Gasteiger partial charge in [0.2, 0.25) is 5.91 Å². The molecule has 0 bridgehead atoms. The van der Waals surface area contributed by atoms with Crippen LogP contribution in [0.15, 0.2) is 29.4 Å². The molecular formula is C23H31N5OS2. The quantitative estimate of drug-likeness (QED) is 0.291. The van der Waals surface area contributed by atoms with E-state index in [1.165, 1.54) is 54.3 Å². The van der Waals surface area contributed by atoms with Crippen LogP contribution in [-0.4, -0.2) is 31.4 Å². The zero-order chi connectivity index (χ0) is 22.2. The number of benzene rings is 1. The summed E-state index contributed by atoms with van der Waals surface area (Å²) in [6.07, 6.45) is 7.10. The second-order valence-electron chi connectivity index (χ2n) is 7.75. The summed E-state index contributed by atoms with van der Waals surface area (Å²) in [6.45, 7) is 6.32. The Balaban J connectivity index is 1.51. The van der Waals surface area contributed by atoms with Gasteiger partial charge in [0.15, 0.2) is 10.3 Å². The van der Waals surface area contributed by atoms with Crippen molar-refractivity contribution >= 4 is 34.1 Å². The molecule has 0 unspecified atom stereocenters. The molecule has 2 aromatic heterocycles. The Bertz CT molecular complexity index is 994. The Hall–Kier alpha value is -2.19. The van der Waals surface area contributed by atoms with E-state index in [1.807, 2.05) is 18.5 Å². The predicted octanol–water partition coefficient (Wildman–Crippen LogP) is 5.80. The van der Waals surface area contributed by atoms with Gasteiger partial charge in [0.05, 0.1) is 11.4 Å². The largest absolute Gasteiger partial charge is 0.309 e. The molecular weight excluding hydrogens is 426 g/mol. The highest BCUT2D eigenvalue weighted by molar-refractivity contribution is 7.99. The van der Waals surface area contributed by atoms with E-state index in [1.54, 1.807) is 0 Å². The molecule has 2 heterocycles. The topological polar surface area (TPSA) is 72.7 Å². The van der Waals surface area contributed by atoms with Crippen LogP contribution in [0.3, 0.4) is 0 Å². The Kier molecular flexibility index (Phi) is 8.66. The third kappa shape index (κ3) is 6.64. The van der Waals surface area contributed by atoms with Crippen LogP contribution in [0.25, 0.3) is 11.3 Å². The number of carbonyl (C=O) groups excluding carboxylic acids is 1. The van der Waals surface area contributed by atoms with Gasteiger partial charge in [-0.2, -0.15) is 0 Å². The molecule has 3 aromatic rings. The molecule has 0 aliphatic heterocycles. The maximum absolute atomic E-state index is 12.5. The molecule has 166 valence electrons. The zero-order valence-corrected chi connectivity index (χ0v) is 20.4. The van der Waals surface area contributed by atoms with Gasteiger partial charge < -0.3 is 9.88 Å². The third-order valence-corrected chi connectivity index (χ3v) is 7.04. The lowest BCUT2D eigenvalue weighted by Gasteiger charge is -2.04. The molecule has 31 heavy (non-hydrogen) atoms. The molecule has 0 spiro atoms. The molecule has 3 rings (SSSR count). The average Bonchev–Trinajstić information content (AvgIpc) is 3.29. The fraction of sp³-hybridized carbons (Fsp3) is 0.478. The molecule has 0 saturated carbocycles. The third-order valence-electron chi connectivity index (χ3n) is 5.13. The molecule has 1 aromatic carbocycles. The number of thioether (sulfide) groups is 1. The zero-order valence-electron chi connectivity index (χ0n) is 18.8. The van der Waals surface area contributed by atoms with Crippen molar-refractivity contribution in [3.63, 3.8) is 0 Å². The summed E-state index contributed by atoms with van der Waals surface area (Å²) in [6, 6.07) is 8.27. The molecule has 0 fully saturated rings. The van der Waals surface area contributed by atoms with E-state index in [2.05, 4.69) is 58.6 Å². The maximum atomic E-state index is 12.5. The number of aryl methyl sites for hydroxylation is 3. The van der Waals surface area contributed by atoms with Gasteiger partial charge in [0, 0.05) is 23.9 Å². The van der Waals surface area contributed by atoms with Crippen LogP contribution in [-0.2, 0) is 18.3 Å². The number of amides is 1. The molecule has 0 radical (unpaired) electrons. The lowest BCUT2D eigenvalue weighted by Crippen LogP contribution is -2.14. The Labute approximate surface area is 192 Å². The van der Waals surface area contributed by atoms with Crippen LogP contribution in [0.4, 0.5) is 5.13 Å². The van der Waals surface area contributed by atoms with Crippen molar-refractivity contribution in [1.29, 1.82) is 0 Å². The van der Waals surface area contributed by atoms with Gasteiger partial charge in [-0.15, -0.1) is 21.5 Å². The van der Waals surface area contributed by atoms with Crippen molar-refractivity contribution in [3.8, 4) is 11.3 Å². The minimum Gasteiger partial charge on any atom is -0.309 e. The van der Waals surface area contributed by atoms with Gasteiger partial charge in [-0.1, -0.05) is 74.2 Å². The summed E-state index contributed by atoms with van der Waals surface area (Å²) >= 11 is 2.91. The molecule has 8 heteroatoms. The van der Waals surface area contributed by atoms with Gasteiger partial charge in [0.1, 0.15) is 5.82 Å². The first-order valence-electron chi connectivity index (χ1n) is 10.8. The summed E-state index contributed by atoms with van der Waals surface area (Å²) in [7, 11) is 1.97. The fourth-order valence-corrected chi connectivity index (χ4v) is 4.87. The van der Waals surface area contributed by atoms with Crippen LogP contribution >= 0.6 is 23.1 Å². The number of nitrogens with one attached hydrogen (secondary N) is 1. The number of unbranched alkanes of at least 4 members (excludes halogenated alkanes) is 4. The molecule has 0 aliphatic rings. The van der Waals surface area contributed by atoms with Crippen molar-refractivity contribution in [2.45, 2.75) is 64.5 Å². The van der Waals surface area contributed by atoms with Gasteiger partial charge in [-0.25, -0.2) is 4.98 Å². The molecule has 1 N–H and O–H groups in total. The van der Waals surface area contributed by atoms with E-state index in [9.17, 15) is 4.79 Å². The van der Waals surface area contributed by atoms with Gasteiger partial charge in [-0.05, 0) is 20.3 Å². The highest BCUT2D eigenvalue weighted by atomic mass is 32.2. The minimum absolute atomic E-state index is 0.0849. The Morgan fingerprint density at radius 1 is 1.10 bits per heavy atom. The second-order valence-corrected chi connectivity index (χ2v) is 9.89. The summed E-state index contributed by atoms with van der Waals surface area (Å²) in [5, 5.41) is 12.9. The summed E-state index contributed by atoms with van der Waals surface area (Å²) in [4.78, 5) is 18.2. The van der Waals surface area contributed by atoms with E-state index in [0.29, 0.717) is 5.13 Å². The number of aromatic nitrogens is 4. The van der Waals surface area contributed by atoms with E-state index < -0.39 is 0 Å². The summed E-state index contributed by atoms with van der Waals surface area (Å²) in [5.74, 6) is 1.18. The predicted molar refractivity (Wildman–Crippen MR) is 130 cm³/mol. The lowest BCUT2D eigenvalue weighted by molar-refractivity contribution is -0.113. The van der Waals surface area contributed by atoms with Gasteiger partial charge >= 0.3 is 0 Å². The Morgan fingerprint density at radius 3 is 2.58 bits per heavy atom. The van der Waals surface area contributed by atoms with E-state index in [-0.39, 0.29) is 11.7 Å². The smallest absolute Gasteiger partial charge is 0.236 e. The van der Waals surface area contributed by atoms with Crippen LogP contribution in [0.2, 0.25) is 0 Å². The molecule has 6 nitrogen and oxygen atoms in total. The second kappa shape index (κ2) is 11.4. The van der Waals surface area contributed by atoms with Crippen LogP contribution < -0.4 is 5.32 Å². The number of carbonyl (C=O) groups is 1. The number of anilines is 1. The van der Waals surface area contributed by atoms with Crippen molar-refractivity contribution in [2.75, 3.05) is 11.1 Å². The van der Waals surface area contributed by atoms with Crippen LogP contribution in [0.1, 0.15) is 55.3 Å². The number of nitrogens with zero attached hydrogens (tertiary/aromatic N) is 4. The number of hydrogen-bond donors (Lipinski definition) is 1. The number of thiazole rings is 1. The summed E-state index contributed by atoms with van der Waals surface area (Å²) < 4.78 is 2.00. The standard InChI is InChI=1S/C23H31N5OS2/c1-5-6-7-8-9-10-19-26-27-23(28(19)4)30-15-20(29)24-22-25-21(17(3)31-22)18-13-11-16(2)12-14-18/h11-14H,5-10,15H2,1-4H3,(H,24,25,29). The van der Waals surface area contributed by atoms with E-state index in [0.717, 1.165) is 40.0 Å². The van der Waals surface area contributed by atoms with Gasteiger partial charge in [0.25, 0.3) is 0 Å². The first kappa shape index (κ1) is 23.5. The monoisotopic (exact) mass is 457 g/mol. The number of rotatable bonds is 11. The minimum atomic E-state index is -0.0849. The van der Waals surface area contributed by atoms with Crippen LogP contribution in [0, 0.1) is 13.8 Å². The molecule has 0 atom stereocenters. The highest BCUT2D eigenvalue weighted by Crippen LogP contribution is 2.30. The van der Waals surface area contributed by atoms with Crippen molar-refractivity contribution in [2.24, 2.45) is 7.05 Å². The first-order valence-corrected chi connectivity index (χ1v) is 12.6. The summed E-state index contributed by atoms with van der Waals surface area (Å²) in [5.41, 5.74) is 3.20. The Morgan fingerprint density at radius 2 is 1.84 bits per heavy atom. The SMILES string of the molecule is CCCCCCCc1nnc(SCC(=O)Nc2nc(-c3ccc(C)cc3)c(C)s2)n1C. The highest BCUT2D eigenvalue weighted by Gasteiger charge is 2.14.